The van der Waals surface area contributed by atoms with Crippen LogP contribution in [0, 0.1) is 0 Å². The summed E-state index contributed by atoms with van der Waals surface area (Å²) in [5.74, 6) is 1.73. The Balaban J connectivity index is 1.48. The van der Waals surface area contributed by atoms with Gasteiger partial charge in [0.25, 0.3) is 0 Å². The maximum atomic E-state index is 12.0. The highest BCUT2D eigenvalue weighted by atomic mass is 32.1. The minimum absolute atomic E-state index is 0.0428. The van der Waals surface area contributed by atoms with Crippen LogP contribution in [0.4, 0.5) is 23.5 Å². The van der Waals surface area contributed by atoms with Gasteiger partial charge >= 0.3 is 0 Å². The smallest absolute Gasteiger partial charge is 0.248 e. The lowest BCUT2D eigenvalue weighted by atomic mass is 10.0. The van der Waals surface area contributed by atoms with Crippen LogP contribution in [-0.2, 0) is 9.53 Å². The molecule has 0 aliphatic carbocycles. The molecule has 0 radical (unpaired) electrons. The van der Waals surface area contributed by atoms with Gasteiger partial charge in [0.05, 0.1) is 15.7 Å². The number of carbonyl (C=O) groups excluding carboxylic acids is 1. The van der Waals surface area contributed by atoms with Crippen molar-refractivity contribution in [3.05, 3.63) is 59.6 Å². The van der Waals surface area contributed by atoms with Gasteiger partial charge < -0.3 is 25.2 Å². The molecule has 4 rings (SSSR count). The predicted molar refractivity (Wildman–Crippen MR) is 153 cm³/mol. The quantitative estimate of drug-likeness (QED) is 0.258. The fourth-order valence-corrected chi connectivity index (χ4v) is 4.60. The topological polar surface area (TPSA) is 108 Å². The van der Waals surface area contributed by atoms with Crippen molar-refractivity contribution in [3.8, 4) is 0 Å². The van der Waals surface area contributed by atoms with Gasteiger partial charge in [-0.25, -0.2) is 4.98 Å². The van der Waals surface area contributed by atoms with Crippen molar-refractivity contribution in [2.24, 2.45) is 0 Å². The molecule has 2 aromatic carbocycles. The first-order valence-corrected chi connectivity index (χ1v) is 13.4. The van der Waals surface area contributed by atoms with E-state index in [-0.39, 0.29) is 18.4 Å². The first-order valence-electron chi connectivity index (χ1n) is 12.5. The third kappa shape index (κ3) is 7.36. The number of fused-ring (bicyclic) bond motifs is 1. The van der Waals surface area contributed by atoms with Crippen molar-refractivity contribution in [1.82, 2.24) is 24.8 Å². The first-order chi connectivity index (χ1) is 18.4. The van der Waals surface area contributed by atoms with Gasteiger partial charge in [0, 0.05) is 46.5 Å². The number of ether oxygens (including phenoxy) is 1. The fraction of sp³-hybridized carbons (Fsp3) is 0.370. The maximum Gasteiger partial charge on any atom is 0.248 e. The second-order valence-corrected chi connectivity index (χ2v) is 10.0. The van der Waals surface area contributed by atoms with Crippen LogP contribution >= 0.6 is 11.3 Å². The third-order valence-corrected chi connectivity index (χ3v) is 6.96. The summed E-state index contributed by atoms with van der Waals surface area (Å²) in [7, 11) is 5.24. The van der Waals surface area contributed by atoms with Gasteiger partial charge in [-0.2, -0.15) is 15.0 Å². The van der Waals surface area contributed by atoms with Crippen LogP contribution in [0.1, 0.15) is 24.8 Å². The number of hydrogen-bond donors (Lipinski definition) is 2. The summed E-state index contributed by atoms with van der Waals surface area (Å²) < 4.78 is 6.02. The van der Waals surface area contributed by atoms with Crippen molar-refractivity contribution in [3.63, 3.8) is 0 Å². The highest BCUT2D eigenvalue weighted by Gasteiger charge is 2.14. The van der Waals surface area contributed by atoms with Crippen LogP contribution in [0.15, 0.2) is 54.0 Å². The highest BCUT2D eigenvalue weighted by Crippen LogP contribution is 2.24. The van der Waals surface area contributed by atoms with Gasteiger partial charge in [0.2, 0.25) is 23.8 Å². The molecule has 2 aromatic heterocycles. The van der Waals surface area contributed by atoms with E-state index in [0.717, 1.165) is 22.3 Å². The van der Waals surface area contributed by atoms with Gasteiger partial charge in [-0.05, 0) is 36.1 Å². The molecule has 10 nitrogen and oxygen atoms in total. The lowest BCUT2D eigenvalue weighted by Crippen LogP contribution is -2.33. The molecule has 2 N–H and O–H groups in total. The molecule has 2 heterocycles. The summed E-state index contributed by atoms with van der Waals surface area (Å²) in [5.41, 5.74) is 4.92. The van der Waals surface area contributed by atoms with Crippen molar-refractivity contribution in [2.75, 3.05) is 63.0 Å². The number of thiazole rings is 1. The van der Waals surface area contributed by atoms with Crippen LogP contribution in [0.3, 0.4) is 0 Å². The van der Waals surface area contributed by atoms with Gasteiger partial charge in [0.1, 0.15) is 6.61 Å². The Hall–Kier alpha value is -3.83. The molecule has 1 unspecified atom stereocenters. The molecule has 0 saturated heterocycles. The van der Waals surface area contributed by atoms with Crippen LogP contribution in [-0.4, -0.2) is 78.2 Å². The number of benzene rings is 2. The predicted octanol–water partition coefficient (Wildman–Crippen LogP) is 4.37. The summed E-state index contributed by atoms with van der Waals surface area (Å²) in [5, 5.41) is 6.72. The van der Waals surface area contributed by atoms with Gasteiger partial charge in [0.15, 0.2) is 0 Å². The Bertz CT molecular complexity index is 1330. The van der Waals surface area contributed by atoms with Gasteiger partial charge in [-0.1, -0.05) is 37.3 Å². The van der Waals surface area contributed by atoms with E-state index in [1.165, 1.54) is 12.7 Å². The fourth-order valence-electron chi connectivity index (χ4n) is 3.88. The lowest BCUT2D eigenvalue weighted by molar-refractivity contribution is -0.133. The average Bonchev–Trinajstić information content (AvgIpc) is 3.40. The summed E-state index contributed by atoms with van der Waals surface area (Å²) >= 11 is 1.59. The normalized spacial score (nSPS) is 11.8. The van der Waals surface area contributed by atoms with Gasteiger partial charge in [-0.15, -0.1) is 11.3 Å². The second-order valence-electron chi connectivity index (χ2n) is 9.16. The number of likely N-dealkylation sites (N-methyl/N-ethyl adjacent to an activating group) is 1. The largest absolute Gasteiger partial charge is 0.375 e. The number of methoxy groups -OCH3 is 1. The van der Waals surface area contributed by atoms with E-state index in [1.54, 1.807) is 23.3 Å². The SMILES string of the molecule is COCC(=O)N(C)CCCN(C)c1nc(NCC(C)c2ccccc2)nc(Nc2ccc3ncsc3c2)n1. The molecular formula is C27H34N8O2S. The number of amides is 1. The van der Waals surface area contributed by atoms with Crippen molar-refractivity contribution in [1.29, 1.82) is 0 Å². The standard InChI is InChI=1S/C27H34N8O2S/c1-19(20-9-6-5-7-10-20)16-28-25-31-26(30-21-11-12-22-23(15-21)38-18-29-22)33-27(32-25)35(3)14-8-13-34(2)24(36)17-37-4/h5-7,9-12,15,18-19H,8,13-14,16-17H2,1-4H3,(H2,28,30,31,32,33). The van der Waals surface area contributed by atoms with E-state index >= 15 is 0 Å². The Morgan fingerprint density at radius 1 is 1.05 bits per heavy atom. The van der Waals surface area contributed by atoms with Crippen molar-refractivity contribution in [2.45, 2.75) is 19.3 Å². The van der Waals surface area contributed by atoms with Gasteiger partial charge in [-0.3, -0.25) is 4.79 Å². The van der Waals surface area contributed by atoms with E-state index in [9.17, 15) is 4.79 Å². The Morgan fingerprint density at radius 3 is 2.63 bits per heavy atom. The van der Waals surface area contributed by atoms with E-state index in [4.69, 9.17) is 4.74 Å². The molecule has 0 aliphatic heterocycles. The monoisotopic (exact) mass is 534 g/mol. The minimum Gasteiger partial charge on any atom is -0.375 e. The summed E-state index contributed by atoms with van der Waals surface area (Å²) in [4.78, 5) is 34.0. The molecule has 200 valence electrons. The number of rotatable bonds is 13. The highest BCUT2D eigenvalue weighted by molar-refractivity contribution is 7.16. The molecule has 0 saturated carbocycles. The zero-order valence-corrected chi connectivity index (χ0v) is 23.0. The summed E-state index contributed by atoms with van der Waals surface area (Å²) in [6.07, 6.45) is 0.757. The molecule has 1 amide bonds. The Morgan fingerprint density at radius 2 is 1.84 bits per heavy atom. The molecule has 0 fully saturated rings. The lowest BCUT2D eigenvalue weighted by Gasteiger charge is -2.21. The first kappa shape index (κ1) is 27.2. The number of hydrogen-bond acceptors (Lipinski definition) is 10. The number of aromatic nitrogens is 4. The minimum atomic E-state index is -0.0428. The van der Waals surface area contributed by atoms with E-state index in [2.05, 4.69) is 49.6 Å². The number of nitrogens with one attached hydrogen (secondary N) is 2. The molecule has 0 aliphatic rings. The van der Waals surface area contributed by atoms with Crippen LogP contribution < -0.4 is 15.5 Å². The maximum absolute atomic E-state index is 12.0. The zero-order valence-electron chi connectivity index (χ0n) is 22.2. The molecule has 38 heavy (non-hydrogen) atoms. The van der Waals surface area contributed by atoms with E-state index in [1.807, 2.05) is 53.9 Å². The number of anilines is 4. The third-order valence-electron chi connectivity index (χ3n) is 6.17. The molecule has 11 heteroatoms. The molecule has 4 aromatic rings. The second kappa shape index (κ2) is 13.1. The van der Waals surface area contributed by atoms with Crippen LogP contribution in [0.2, 0.25) is 0 Å². The molecular weight excluding hydrogens is 500 g/mol. The summed E-state index contributed by atoms with van der Waals surface area (Å²) in [6, 6.07) is 16.3. The Kier molecular flexibility index (Phi) is 9.39. The molecule has 0 bridgehead atoms. The van der Waals surface area contributed by atoms with E-state index in [0.29, 0.717) is 37.5 Å². The number of nitrogens with zero attached hydrogens (tertiary/aromatic N) is 6. The molecule has 1 atom stereocenters. The molecule has 0 spiro atoms. The van der Waals surface area contributed by atoms with Crippen molar-refractivity contribution < 1.29 is 9.53 Å². The summed E-state index contributed by atoms with van der Waals surface area (Å²) in [6.45, 7) is 4.20. The number of carbonyl (C=O) groups is 1. The van der Waals surface area contributed by atoms with Crippen LogP contribution in [0.5, 0.6) is 0 Å². The van der Waals surface area contributed by atoms with Crippen molar-refractivity contribution >= 4 is 51.0 Å². The zero-order chi connectivity index (χ0) is 26.9. The van der Waals surface area contributed by atoms with E-state index < -0.39 is 0 Å². The average molecular weight is 535 g/mol. The Labute approximate surface area is 227 Å². The van der Waals surface area contributed by atoms with Crippen LogP contribution in [0.25, 0.3) is 10.2 Å².